The standard InChI is InChI=1S/C19H21N5O3/c1-25-16-10-9-13(17(26-2)18(16)27-3)14-11-15(12-7-5-4-6-8-12)24-19(20-14)21-22-23-24/h4-10,14-15H,11H2,1-3H3,(H,20,21,23)/t14-,15-/m0/s1. The minimum Gasteiger partial charge on any atom is -0.493 e. The molecule has 27 heavy (non-hydrogen) atoms. The molecule has 0 fully saturated rings. The van der Waals surface area contributed by atoms with Crippen molar-refractivity contribution in [3.8, 4) is 17.2 Å². The number of aromatic nitrogens is 4. The summed E-state index contributed by atoms with van der Waals surface area (Å²) < 4.78 is 18.4. The van der Waals surface area contributed by atoms with Gasteiger partial charge < -0.3 is 19.5 Å². The maximum atomic E-state index is 5.67. The molecule has 0 radical (unpaired) electrons. The Balaban J connectivity index is 1.78. The molecule has 0 saturated carbocycles. The lowest BCUT2D eigenvalue weighted by Gasteiger charge is -2.32. The van der Waals surface area contributed by atoms with E-state index in [1.165, 1.54) is 0 Å². The van der Waals surface area contributed by atoms with Crippen molar-refractivity contribution >= 4 is 5.95 Å². The van der Waals surface area contributed by atoms with Gasteiger partial charge in [-0.1, -0.05) is 35.4 Å². The number of methoxy groups -OCH3 is 3. The summed E-state index contributed by atoms with van der Waals surface area (Å²) in [5, 5.41) is 15.5. The van der Waals surface area contributed by atoms with Crippen LogP contribution in [0.15, 0.2) is 42.5 Å². The SMILES string of the molecule is COc1ccc([C@@H]2C[C@@H](c3ccccc3)n3nnnc3N2)c(OC)c1OC. The molecule has 3 aromatic rings. The van der Waals surface area contributed by atoms with Crippen LogP contribution >= 0.6 is 0 Å². The lowest BCUT2D eigenvalue weighted by Crippen LogP contribution is -2.28. The summed E-state index contributed by atoms with van der Waals surface area (Å²) in [6, 6.07) is 14.0. The zero-order valence-corrected chi connectivity index (χ0v) is 15.4. The van der Waals surface area contributed by atoms with Gasteiger partial charge in [-0.2, -0.15) is 0 Å². The molecule has 2 atom stereocenters. The van der Waals surface area contributed by atoms with Gasteiger partial charge in [-0.15, -0.1) is 0 Å². The second kappa shape index (κ2) is 7.14. The summed E-state index contributed by atoms with van der Waals surface area (Å²) in [5.41, 5.74) is 2.11. The first-order valence-corrected chi connectivity index (χ1v) is 8.65. The van der Waals surface area contributed by atoms with E-state index >= 15 is 0 Å². The van der Waals surface area contributed by atoms with Gasteiger partial charge in [-0.05, 0) is 34.5 Å². The molecule has 2 aromatic carbocycles. The third-order valence-electron chi connectivity index (χ3n) is 4.84. The highest BCUT2D eigenvalue weighted by molar-refractivity contribution is 5.58. The van der Waals surface area contributed by atoms with Crippen molar-refractivity contribution in [1.29, 1.82) is 0 Å². The van der Waals surface area contributed by atoms with E-state index in [9.17, 15) is 0 Å². The number of fused-ring (bicyclic) bond motifs is 1. The Labute approximate surface area is 157 Å². The van der Waals surface area contributed by atoms with E-state index in [0.717, 1.165) is 17.5 Å². The van der Waals surface area contributed by atoms with Crippen LogP contribution in [-0.2, 0) is 0 Å². The first kappa shape index (κ1) is 17.1. The van der Waals surface area contributed by atoms with E-state index in [0.29, 0.717) is 23.2 Å². The minimum absolute atomic E-state index is 0.0141. The summed E-state index contributed by atoms with van der Waals surface area (Å²) in [7, 11) is 4.84. The van der Waals surface area contributed by atoms with E-state index in [2.05, 4.69) is 33.0 Å². The zero-order chi connectivity index (χ0) is 18.8. The van der Waals surface area contributed by atoms with Gasteiger partial charge in [0.05, 0.1) is 33.4 Å². The molecule has 2 heterocycles. The van der Waals surface area contributed by atoms with E-state index in [1.54, 1.807) is 21.3 Å². The lowest BCUT2D eigenvalue weighted by atomic mass is 9.92. The predicted octanol–water partition coefficient (Wildman–Crippen LogP) is 2.85. The fraction of sp³-hybridized carbons (Fsp3) is 0.316. The van der Waals surface area contributed by atoms with Gasteiger partial charge >= 0.3 is 0 Å². The van der Waals surface area contributed by atoms with Gasteiger partial charge in [0.15, 0.2) is 11.5 Å². The van der Waals surface area contributed by atoms with Crippen LogP contribution < -0.4 is 19.5 Å². The van der Waals surface area contributed by atoms with E-state index in [1.807, 2.05) is 35.0 Å². The highest BCUT2D eigenvalue weighted by Gasteiger charge is 2.33. The molecular formula is C19H21N5O3. The average Bonchev–Trinajstić information content (AvgIpc) is 3.21. The maximum Gasteiger partial charge on any atom is 0.243 e. The third kappa shape index (κ3) is 2.92. The van der Waals surface area contributed by atoms with Crippen LogP contribution in [0.25, 0.3) is 0 Å². The highest BCUT2D eigenvalue weighted by atomic mass is 16.5. The number of benzene rings is 2. The van der Waals surface area contributed by atoms with E-state index < -0.39 is 0 Å². The van der Waals surface area contributed by atoms with Crippen molar-refractivity contribution in [3.05, 3.63) is 53.6 Å². The molecule has 0 unspecified atom stereocenters. The highest BCUT2D eigenvalue weighted by Crippen LogP contribution is 2.46. The summed E-state index contributed by atoms with van der Waals surface area (Å²) in [6.07, 6.45) is 0.758. The van der Waals surface area contributed by atoms with Gasteiger partial charge in [0.2, 0.25) is 11.7 Å². The molecule has 0 saturated heterocycles. The molecule has 0 spiro atoms. The van der Waals surface area contributed by atoms with Crippen LogP contribution in [0.3, 0.4) is 0 Å². The first-order valence-electron chi connectivity index (χ1n) is 8.65. The number of rotatable bonds is 5. The van der Waals surface area contributed by atoms with Gasteiger partial charge in [0, 0.05) is 5.56 Å². The predicted molar refractivity (Wildman–Crippen MR) is 99.5 cm³/mol. The Bertz CT molecular complexity index is 928. The molecule has 1 aliphatic rings. The fourth-order valence-corrected chi connectivity index (χ4v) is 3.59. The number of anilines is 1. The number of hydrogen-bond acceptors (Lipinski definition) is 7. The van der Waals surface area contributed by atoms with Crippen LogP contribution in [0.4, 0.5) is 5.95 Å². The summed E-state index contributed by atoms with van der Waals surface area (Å²) in [4.78, 5) is 0. The van der Waals surface area contributed by atoms with Crippen molar-refractivity contribution in [3.63, 3.8) is 0 Å². The quantitative estimate of drug-likeness (QED) is 0.742. The molecule has 1 N–H and O–H groups in total. The lowest BCUT2D eigenvalue weighted by molar-refractivity contribution is 0.319. The van der Waals surface area contributed by atoms with Crippen LogP contribution in [0, 0.1) is 0 Å². The van der Waals surface area contributed by atoms with Crippen molar-refractivity contribution in [1.82, 2.24) is 20.2 Å². The van der Waals surface area contributed by atoms with Crippen molar-refractivity contribution in [2.45, 2.75) is 18.5 Å². The number of nitrogens with zero attached hydrogens (tertiary/aromatic N) is 4. The Kier molecular flexibility index (Phi) is 4.53. The zero-order valence-electron chi connectivity index (χ0n) is 15.4. The summed E-state index contributed by atoms with van der Waals surface area (Å²) in [5.74, 6) is 2.46. The maximum absolute atomic E-state index is 5.67. The smallest absolute Gasteiger partial charge is 0.243 e. The largest absolute Gasteiger partial charge is 0.493 e. The molecular weight excluding hydrogens is 346 g/mol. The Hall–Kier alpha value is -3.29. The number of hydrogen-bond donors (Lipinski definition) is 1. The van der Waals surface area contributed by atoms with Gasteiger partial charge in [0.25, 0.3) is 0 Å². The second-order valence-corrected chi connectivity index (χ2v) is 6.23. The molecule has 8 heteroatoms. The first-order chi connectivity index (χ1) is 13.3. The molecule has 0 bridgehead atoms. The Morgan fingerprint density at radius 2 is 1.74 bits per heavy atom. The third-order valence-corrected chi connectivity index (χ3v) is 4.84. The van der Waals surface area contributed by atoms with E-state index in [4.69, 9.17) is 14.2 Å². The monoisotopic (exact) mass is 367 g/mol. The molecule has 8 nitrogen and oxygen atoms in total. The molecule has 1 aromatic heterocycles. The molecule has 140 valence electrons. The molecule has 4 rings (SSSR count). The summed E-state index contributed by atoms with van der Waals surface area (Å²) >= 11 is 0. The van der Waals surface area contributed by atoms with Gasteiger partial charge in [-0.25, -0.2) is 4.68 Å². The average molecular weight is 367 g/mol. The Morgan fingerprint density at radius 1 is 0.963 bits per heavy atom. The van der Waals surface area contributed by atoms with Crippen LogP contribution in [0.2, 0.25) is 0 Å². The number of nitrogens with one attached hydrogen (secondary N) is 1. The summed E-state index contributed by atoms with van der Waals surface area (Å²) in [6.45, 7) is 0. The molecule has 0 amide bonds. The second-order valence-electron chi connectivity index (χ2n) is 6.23. The number of ether oxygens (including phenoxy) is 3. The van der Waals surface area contributed by atoms with Crippen molar-refractivity contribution in [2.75, 3.05) is 26.6 Å². The number of tetrazole rings is 1. The van der Waals surface area contributed by atoms with Crippen LogP contribution in [0.5, 0.6) is 17.2 Å². The molecule has 0 aliphatic carbocycles. The normalized spacial score (nSPS) is 18.3. The van der Waals surface area contributed by atoms with Gasteiger partial charge in [-0.3, -0.25) is 0 Å². The van der Waals surface area contributed by atoms with Crippen molar-refractivity contribution in [2.24, 2.45) is 0 Å². The minimum atomic E-state index is -0.0523. The van der Waals surface area contributed by atoms with Crippen LogP contribution in [-0.4, -0.2) is 41.5 Å². The van der Waals surface area contributed by atoms with Crippen LogP contribution in [0.1, 0.15) is 29.6 Å². The fourth-order valence-electron chi connectivity index (χ4n) is 3.59. The van der Waals surface area contributed by atoms with Gasteiger partial charge in [0.1, 0.15) is 0 Å². The Morgan fingerprint density at radius 3 is 2.44 bits per heavy atom. The van der Waals surface area contributed by atoms with E-state index in [-0.39, 0.29) is 12.1 Å². The van der Waals surface area contributed by atoms with Crippen molar-refractivity contribution < 1.29 is 14.2 Å². The topological polar surface area (TPSA) is 83.3 Å². The molecule has 1 aliphatic heterocycles.